The van der Waals surface area contributed by atoms with E-state index >= 15 is 0 Å². The molecule has 0 heterocycles. The Hall–Kier alpha value is -3.31. The highest BCUT2D eigenvalue weighted by Gasteiger charge is 2.19. The van der Waals surface area contributed by atoms with Gasteiger partial charge in [-0.1, -0.05) is 12.1 Å². The van der Waals surface area contributed by atoms with Crippen molar-refractivity contribution < 1.29 is 31.8 Å². The molecule has 0 aliphatic rings. The number of hydroxylamine groups is 1. The molecule has 2 amide bonds. The van der Waals surface area contributed by atoms with Gasteiger partial charge in [0.15, 0.2) is 11.5 Å². The number of anilines is 1. The second-order valence-electron chi connectivity index (χ2n) is 6.73. The van der Waals surface area contributed by atoms with Gasteiger partial charge >= 0.3 is 0 Å². The average Bonchev–Trinajstić information content (AvgIpc) is 2.77. The third kappa shape index (κ3) is 7.43. The van der Waals surface area contributed by atoms with Crippen molar-refractivity contribution in [2.45, 2.75) is 6.42 Å². The van der Waals surface area contributed by atoms with Gasteiger partial charge in [-0.3, -0.25) is 9.59 Å². The number of benzene rings is 2. The maximum atomic E-state index is 12.4. The first-order valence-electron chi connectivity index (χ1n) is 9.63. The Labute approximate surface area is 187 Å². The van der Waals surface area contributed by atoms with Crippen LogP contribution in [0.25, 0.3) is 0 Å². The van der Waals surface area contributed by atoms with Crippen LogP contribution in [0.2, 0.25) is 0 Å². The quantitative estimate of drug-likeness (QED) is 0.473. The smallest absolute Gasteiger partial charge is 0.285 e. The summed E-state index contributed by atoms with van der Waals surface area (Å²) in [6, 6.07) is 11.5. The molecule has 32 heavy (non-hydrogen) atoms. The van der Waals surface area contributed by atoms with Crippen molar-refractivity contribution in [1.82, 2.24) is 10.6 Å². The Morgan fingerprint density at radius 2 is 1.75 bits per heavy atom. The molecule has 0 atom stereocenters. The van der Waals surface area contributed by atoms with Gasteiger partial charge in [-0.05, 0) is 42.3 Å². The molecule has 11 heteroatoms. The number of hydrogen-bond acceptors (Lipinski definition) is 8. The number of nitrogens with zero attached hydrogens (tertiary/aromatic N) is 1. The summed E-state index contributed by atoms with van der Waals surface area (Å²) in [5.41, 5.74) is 1.46. The largest absolute Gasteiger partial charge is 0.493 e. The van der Waals surface area contributed by atoms with E-state index in [0.717, 1.165) is 16.9 Å². The molecule has 0 spiro atoms. The number of rotatable bonds is 11. The lowest BCUT2D eigenvalue weighted by molar-refractivity contribution is -0.120. The molecule has 10 nitrogen and oxygen atoms in total. The Balaban J connectivity index is 2.05. The van der Waals surface area contributed by atoms with Crippen LogP contribution in [0.1, 0.15) is 15.9 Å². The third-order valence-electron chi connectivity index (χ3n) is 4.32. The Morgan fingerprint density at radius 3 is 2.38 bits per heavy atom. The number of methoxy groups -OCH3 is 2. The summed E-state index contributed by atoms with van der Waals surface area (Å²) in [4.78, 5) is 24.3. The van der Waals surface area contributed by atoms with Gasteiger partial charge in [0.1, 0.15) is 6.54 Å². The molecule has 0 radical (unpaired) electrons. The first-order chi connectivity index (χ1) is 15.2. The Kier molecular flexibility index (Phi) is 8.85. The highest BCUT2D eigenvalue weighted by atomic mass is 32.2. The lowest BCUT2D eigenvalue weighted by atomic mass is 10.1. The van der Waals surface area contributed by atoms with E-state index in [1.54, 1.807) is 32.4 Å². The van der Waals surface area contributed by atoms with Crippen molar-refractivity contribution in [2.75, 3.05) is 45.7 Å². The van der Waals surface area contributed by atoms with E-state index in [-0.39, 0.29) is 11.6 Å². The van der Waals surface area contributed by atoms with Gasteiger partial charge in [0, 0.05) is 19.2 Å². The van der Waals surface area contributed by atoms with Gasteiger partial charge in [0.25, 0.3) is 16.0 Å². The topological polar surface area (TPSA) is 123 Å². The number of carbonyl (C=O) groups is 2. The summed E-state index contributed by atoms with van der Waals surface area (Å²) in [5, 5.41) is 6.13. The van der Waals surface area contributed by atoms with E-state index in [2.05, 4.69) is 10.6 Å². The van der Waals surface area contributed by atoms with E-state index in [4.69, 9.17) is 13.8 Å². The monoisotopic (exact) mass is 465 g/mol. The normalized spacial score (nSPS) is 10.9. The molecular weight excluding hydrogens is 438 g/mol. The molecular formula is C21H27N3O7S. The standard InChI is InChI=1S/C21H27N3O7S/c1-22-21(26)16-6-5-7-17(13-16)24(31-32(4,27)28)14-20(25)23-11-10-15-8-9-18(29-2)19(12-15)30-3/h5-9,12-13H,10-11,14H2,1-4H3,(H,22,26)(H,23,25). The molecule has 0 aromatic heterocycles. The highest BCUT2D eigenvalue weighted by molar-refractivity contribution is 7.86. The van der Waals surface area contributed by atoms with Crippen molar-refractivity contribution in [3.63, 3.8) is 0 Å². The molecule has 2 aromatic rings. The Bertz CT molecular complexity index is 1060. The van der Waals surface area contributed by atoms with Crippen LogP contribution in [0, 0.1) is 0 Å². The molecule has 2 rings (SSSR count). The van der Waals surface area contributed by atoms with Gasteiger partial charge < -0.3 is 20.1 Å². The molecule has 0 aliphatic heterocycles. The number of ether oxygens (including phenoxy) is 2. The second kappa shape index (κ2) is 11.3. The van der Waals surface area contributed by atoms with Crippen molar-refractivity contribution in [2.24, 2.45) is 0 Å². The fourth-order valence-electron chi connectivity index (χ4n) is 2.84. The number of nitrogens with one attached hydrogen (secondary N) is 2. The number of amides is 2. The van der Waals surface area contributed by atoms with Crippen LogP contribution < -0.4 is 25.2 Å². The molecule has 0 bridgehead atoms. The van der Waals surface area contributed by atoms with Crippen LogP contribution in [0.3, 0.4) is 0 Å². The van der Waals surface area contributed by atoms with Gasteiger partial charge in [-0.2, -0.15) is 8.42 Å². The van der Waals surface area contributed by atoms with Crippen LogP contribution >= 0.6 is 0 Å². The van der Waals surface area contributed by atoms with Crippen molar-refractivity contribution in [1.29, 1.82) is 0 Å². The fourth-order valence-corrected chi connectivity index (χ4v) is 3.31. The minimum Gasteiger partial charge on any atom is -0.493 e. The molecule has 0 fully saturated rings. The predicted molar refractivity (Wildman–Crippen MR) is 119 cm³/mol. The minimum atomic E-state index is -3.91. The zero-order valence-corrected chi connectivity index (χ0v) is 19.2. The summed E-state index contributed by atoms with van der Waals surface area (Å²) < 4.78 is 38.8. The first kappa shape index (κ1) is 25.0. The Morgan fingerprint density at radius 1 is 1.03 bits per heavy atom. The second-order valence-corrected chi connectivity index (χ2v) is 8.29. The molecule has 2 aromatic carbocycles. The van der Waals surface area contributed by atoms with E-state index in [0.29, 0.717) is 30.0 Å². The predicted octanol–water partition coefficient (Wildman–Crippen LogP) is 1.12. The summed E-state index contributed by atoms with van der Waals surface area (Å²) in [6.45, 7) is -0.0878. The van der Waals surface area contributed by atoms with E-state index in [9.17, 15) is 18.0 Å². The van der Waals surface area contributed by atoms with E-state index < -0.39 is 22.6 Å². The maximum absolute atomic E-state index is 12.4. The highest BCUT2D eigenvalue weighted by Crippen LogP contribution is 2.27. The van der Waals surface area contributed by atoms with Crippen LogP contribution in [-0.2, 0) is 25.6 Å². The number of carbonyl (C=O) groups excluding carboxylic acids is 2. The lowest BCUT2D eigenvalue weighted by Crippen LogP contribution is -2.39. The van der Waals surface area contributed by atoms with Gasteiger partial charge in [0.05, 0.1) is 26.2 Å². The first-order valence-corrected chi connectivity index (χ1v) is 11.5. The summed E-state index contributed by atoms with van der Waals surface area (Å²) in [5.74, 6) is 0.373. The van der Waals surface area contributed by atoms with Crippen molar-refractivity contribution in [3.05, 3.63) is 53.6 Å². The van der Waals surface area contributed by atoms with Crippen LogP contribution in [0.5, 0.6) is 11.5 Å². The third-order valence-corrected chi connectivity index (χ3v) is 4.77. The van der Waals surface area contributed by atoms with Gasteiger partial charge in [-0.25, -0.2) is 5.06 Å². The zero-order chi connectivity index (χ0) is 23.7. The summed E-state index contributed by atoms with van der Waals surface area (Å²) in [7, 11) is 0.652. The van der Waals surface area contributed by atoms with E-state index in [1.807, 2.05) is 12.1 Å². The molecule has 0 unspecified atom stereocenters. The maximum Gasteiger partial charge on any atom is 0.285 e. The average molecular weight is 466 g/mol. The van der Waals surface area contributed by atoms with Crippen LogP contribution in [0.15, 0.2) is 42.5 Å². The van der Waals surface area contributed by atoms with Crippen LogP contribution in [0.4, 0.5) is 5.69 Å². The molecule has 174 valence electrons. The SMILES string of the molecule is CNC(=O)c1cccc(N(CC(=O)NCCc2ccc(OC)c(OC)c2)OS(C)(=O)=O)c1. The van der Waals surface area contributed by atoms with Crippen LogP contribution in [-0.4, -0.2) is 60.8 Å². The number of hydrogen-bond donors (Lipinski definition) is 2. The van der Waals surface area contributed by atoms with Gasteiger partial charge in [-0.15, -0.1) is 4.28 Å². The lowest BCUT2D eigenvalue weighted by Gasteiger charge is -2.22. The molecule has 0 saturated heterocycles. The summed E-state index contributed by atoms with van der Waals surface area (Å²) in [6.07, 6.45) is 1.39. The zero-order valence-electron chi connectivity index (χ0n) is 18.4. The summed E-state index contributed by atoms with van der Waals surface area (Å²) >= 11 is 0. The van der Waals surface area contributed by atoms with Crippen molar-refractivity contribution in [3.8, 4) is 11.5 Å². The molecule has 2 N–H and O–H groups in total. The van der Waals surface area contributed by atoms with Gasteiger partial charge in [0.2, 0.25) is 5.91 Å². The fraction of sp³-hybridized carbons (Fsp3) is 0.333. The van der Waals surface area contributed by atoms with E-state index in [1.165, 1.54) is 19.2 Å². The minimum absolute atomic E-state index is 0.242. The molecule has 0 aliphatic carbocycles. The molecule has 0 saturated carbocycles. The van der Waals surface area contributed by atoms with Crippen molar-refractivity contribution >= 4 is 27.6 Å².